The van der Waals surface area contributed by atoms with E-state index in [0.29, 0.717) is 5.25 Å². The Morgan fingerprint density at radius 1 is 1.62 bits per heavy atom. The minimum atomic E-state index is 0.437. The van der Waals surface area contributed by atoms with Crippen molar-refractivity contribution in [2.75, 3.05) is 0 Å². The molecule has 0 heterocycles. The van der Waals surface area contributed by atoms with Crippen molar-refractivity contribution in [3.05, 3.63) is 17.4 Å². The highest BCUT2D eigenvalue weighted by Crippen LogP contribution is 2.22. The van der Waals surface area contributed by atoms with Gasteiger partial charge in [0.2, 0.25) is 0 Å². The third-order valence-corrected chi connectivity index (χ3v) is 1.92. The molecule has 0 fully saturated rings. The zero-order valence-electron chi connectivity index (χ0n) is 4.54. The molecular weight excluding hydrogens is 136 g/mol. The van der Waals surface area contributed by atoms with Gasteiger partial charge in [-0.2, -0.15) is 12.6 Å². The molecule has 8 heavy (non-hydrogen) atoms. The van der Waals surface area contributed by atoms with E-state index >= 15 is 0 Å². The summed E-state index contributed by atoms with van der Waals surface area (Å²) in [6.45, 7) is 0. The second-order valence-electron chi connectivity index (χ2n) is 1.94. The standard InChI is InChI=1S/C6H9S2/c7-5-2-1-3-6(8)4-5/h2,4,6-8H,1,3H2. The highest BCUT2D eigenvalue weighted by atomic mass is 32.1. The van der Waals surface area contributed by atoms with Gasteiger partial charge in [-0.1, -0.05) is 6.08 Å². The van der Waals surface area contributed by atoms with Crippen molar-refractivity contribution in [3.8, 4) is 0 Å². The maximum Gasteiger partial charge on any atom is 0.0207 e. The van der Waals surface area contributed by atoms with Crippen molar-refractivity contribution >= 4 is 25.3 Å². The monoisotopic (exact) mass is 145 g/mol. The van der Waals surface area contributed by atoms with E-state index < -0.39 is 0 Å². The Morgan fingerprint density at radius 3 is 2.75 bits per heavy atom. The first-order valence-electron chi connectivity index (χ1n) is 2.71. The van der Waals surface area contributed by atoms with Crippen LogP contribution in [0, 0.1) is 6.42 Å². The lowest BCUT2D eigenvalue weighted by molar-refractivity contribution is 0.831. The van der Waals surface area contributed by atoms with Crippen molar-refractivity contribution < 1.29 is 0 Å². The molecule has 1 atom stereocenters. The summed E-state index contributed by atoms with van der Waals surface area (Å²) in [6, 6.07) is 0. The Kier molecular flexibility index (Phi) is 2.32. The third-order valence-electron chi connectivity index (χ3n) is 1.18. The number of allylic oxidation sites excluding steroid dienone is 1. The summed E-state index contributed by atoms with van der Waals surface area (Å²) in [7, 11) is 0. The largest absolute Gasteiger partial charge is 0.172 e. The Hall–Kier alpha value is 0.440. The van der Waals surface area contributed by atoms with E-state index in [4.69, 9.17) is 0 Å². The fourth-order valence-corrected chi connectivity index (χ4v) is 1.49. The molecule has 45 valence electrons. The van der Waals surface area contributed by atoms with Crippen molar-refractivity contribution in [2.45, 2.75) is 18.1 Å². The van der Waals surface area contributed by atoms with Gasteiger partial charge >= 0.3 is 0 Å². The van der Waals surface area contributed by atoms with Gasteiger partial charge in [0.25, 0.3) is 0 Å². The predicted octanol–water partition coefficient (Wildman–Crippen LogP) is 2.10. The molecule has 0 nitrogen and oxygen atoms in total. The summed E-state index contributed by atoms with van der Waals surface area (Å²) in [6.07, 6.45) is 6.47. The average molecular weight is 145 g/mol. The van der Waals surface area contributed by atoms with Gasteiger partial charge in [0.15, 0.2) is 0 Å². The van der Waals surface area contributed by atoms with Crippen molar-refractivity contribution in [1.82, 2.24) is 0 Å². The van der Waals surface area contributed by atoms with Gasteiger partial charge in [0.05, 0.1) is 0 Å². The maximum absolute atomic E-state index is 4.28. The fourth-order valence-electron chi connectivity index (χ4n) is 0.750. The molecule has 0 aromatic rings. The minimum Gasteiger partial charge on any atom is -0.172 e. The lowest BCUT2D eigenvalue weighted by Crippen LogP contribution is -2.00. The number of rotatable bonds is 0. The quantitative estimate of drug-likeness (QED) is 0.479. The molecular formula is C6H9S2. The Balaban J connectivity index is 2.50. The van der Waals surface area contributed by atoms with Gasteiger partial charge in [-0.15, -0.1) is 12.6 Å². The van der Waals surface area contributed by atoms with Gasteiger partial charge in [-0.25, -0.2) is 0 Å². The highest BCUT2D eigenvalue weighted by Gasteiger charge is 2.06. The van der Waals surface area contributed by atoms with Crippen LogP contribution in [-0.2, 0) is 0 Å². The van der Waals surface area contributed by atoms with Crippen LogP contribution in [0.2, 0.25) is 0 Å². The van der Waals surface area contributed by atoms with Crippen LogP contribution < -0.4 is 0 Å². The minimum absolute atomic E-state index is 0.437. The third kappa shape index (κ3) is 1.75. The smallest absolute Gasteiger partial charge is 0.0207 e. The first-order chi connectivity index (χ1) is 3.79. The van der Waals surface area contributed by atoms with Crippen LogP contribution in [0.5, 0.6) is 0 Å². The maximum atomic E-state index is 4.28. The molecule has 0 amide bonds. The summed E-state index contributed by atoms with van der Waals surface area (Å²) < 4.78 is 0. The second-order valence-corrected chi connectivity index (χ2v) is 3.12. The number of hydrogen-bond acceptors (Lipinski definition) is 2. The van der Waals surface area contributed by atoms with E-state index in [1.807, 2.05) is 0 Å². The van der Waals surface area contributed by atoms with Crippen molar-refractivity contribution in [1.29, 1.82) is 0 Å². The van der Waals surface area contributed by atoms with Crippen LogP contribution in [0.15, 0.2) is 11.0 Å². The summed E-state index contributed by atoms with van der Waals surface area (Å²) in [4.78, 5) is 1.08. The summed E-state index contributed by atoms with van der Waals surface area (Å²) >= 11 is 8.45. The van der Waals surface area contributed by atoms with E-state index in [1.165, 1.54) is 0 Å². The van der Waals surface area contributed by atoms with E-state index in [2.05, 4.69) is 37.8 Å². The van der Waals surface area contributed by atoms with Gasteiger partial charge in [0, 0.05) is 5.25 Å². The van der Waals surface area contributed by atoms with Crippen LogP contribution in [-0.4, -0.2) is 5.25 Å². The Labute approximate surface area is 61.2 Å². The lowest BCUT2D eigenvalue weighted by atomic mass is 10.1. The summed E-state index contributed by atoms with van der Waals surface area (Å²) in [5.41, 5.74) is 0. The van der Waals surface area contributed by atoms with Crippen LogP contribution in [0.3, 0.4) is 0 Å². The zero-order valence-corrected chi connectivity index (χ0v) is 6.33. The van der Waals surface area contributed by atoms with Crippen molar-refractivity contribution in [2.24, 2.45) is 0 Å². The number of thiol groups is 2. The molecule has 1 aliphatic carbocycles. The first-order valence-corrected chi connectivity index (χ1v) is 3.67. The number of hydrogen-bond donors (Lipinski definition) is 2. The molecule has 1 aliphatic rings. The average Bonchev–Trinajstić information content (AvgIpc) is 1.64. The normalized spacial score (nSPS) is 29.8. The Bertz CT molecular complexity index is 107. The highest BCUT2D eigenvalue weighted by molar-refractivity contribution is 7.85. The predicted molar refractivity (Wildman–Crippen MR) is 43.4 cm³/mol. The van der Waals surface area contributed by atoms with Gasteiger partial charge < -0.3 is 0 Å². The second kappa shape index (κ2) is 2.83. The molecule has 1 radical (unpaired) electrons. The molecule has 1 unspecified atom stereocenters. The molecule has 0 saturated carbocycles. The fraction of sp³-hybridized carbons (Fsp3) is 0.500. The molecule has 1 rings (SSSR count). The molecule has 2 heteroatoms. The molecule has 0 aromatic carbocycles. The van der Waals surface area contributed by atoms with Gasteiger partial charge in [-0.05, 0) is 24.2 Å². The molecule has 0 spiro atoms. The van der Waals surface area contributed by atoms with Crippen molar-refractivity contribution in [3.63, 3.8) is 0 Å². The van der Waals surface area contributed by atoms with E-state index in [0.717, 1.165) is 17.7 Å². The topological polar surface area (TPSA) is 0 Å². The summed E-state index contributed by atoms with van der Waals surface area (Å²) in [5.74, 6) is 0. The molecule has 0 N–H and O–H groups in total. The van der Waals surface area contributed by atoms with Gasteiger partial charge in [-0.3, -0.25) is 0 Å². The molecule has 0 aliphatic heterocycles. The molecule has 0 saturated heterocycles. The van der Waals surface area contributed by atoms with Crippen LogP contribution in [0.25, 0.3) is 0 Å². The zero-order chi connectivity index (χ0) is 5.98. The van der Waals surface area contributed by atoms with Gasteiger partial charge in [0.1, 0.15) is 0 Å². The van der Waals surface area contributed by atoms with E-state index in [-0.39, 0.29) is 0 Å². The Morgan fingerprint density at radius 2 is 2.38 bits per heavy atom. The van der Waals surface area contributed by atoms with E-state index in [9.17, 15) is 0 Å². The van der Waals surface area contributed by atoms with Crippen LogP contribution >= 0.6 is 25.3 Å². The molecule has 0 bridgehead atoms. The first kappa shape index (κ1) is 6.56. The summed E-state index contributed by atoms with van der Waals surface area (Å²) in [5, 5.41) is 0.437. The van der Waals surface area contributed by atoms with Crippen LogP contribution in [0.4, 0.5) is 0 Å². The molecule has 0 aromatic heterocycles. The SMILES string of the molecule is SC1=CC(S)CC[CH]1. The lowest BCUT2D eigenvalue weighted by Gasteiger charge is -2.11. The van der Waals surface area contributed by atoms with Crippen LogP contribution in [0.1, 0.15) is 12.8 Å². The van der Waals surface area contributed by atoms with E-state index in [1.54, 1.807) is 0 Å².